The first-order chi connectivity index (χ1) is 19.2. The van der Waals surface area contributed by atoms with E-state index in [0.29, 0.717) is 31.1 Å². The molecule has 40 heavy (non-hydrogen) atoms. The third-order valence-corrected chi connectivity index (χ3v) is 7.01. The van der Waals surface area contributed by atoms with Gasteiger partial charge in [0.2, 0.25) is 17.7 Å². The summed E-state index contributed by atoms with van der Waals surface area (Å²) < 4.78 is 12.5. The fourth-order valence-corrected chi connectivity index (χ4v) is 4.86. The van der Waals surface area contributed by atoms with E-state index >= 15 is 0 Å². The topological polar surface area (TPSA) is 181 Å². The molecule has 1 saturated carbocycles. The fourth-order valence-electron chi connectivity index (χ4n) is 4.86. The fraction of sp³-hybridized carbons (Fsp3) is 0.538. The summed E-state index contributed by atoms with van der Waals surface area (Å²) >= 11 is 0. The first kappa shape index (κ1) is 27.8. The average molecular weight is 555 g/mol. The Morgan fingerprint density at radius 1 is 1.12 bits per heavy atom. The lowest BCUT2D eigenvalue weighted by atomic mass is 9.90. The van der Waals surface area contributed by atoms with Crippen molar-refractivity contribution in [2.24, 2.45) is 7.05 Å². The molecule has 1 amide bonds. The Morgan fingerprint density at radius 2 is 1.90 bits per heavy atom. The van der Waals surface area contributed by atoms with Crippen LogP contribution in [-0.2, 0) is 22.6 Å². The summed E-state index contributed by atoms with van der Waals surface area (Å²) in [6, 6.07) is -0.0125. The monoisotopic (exact) mass is 554 g/mol. The van der Waals surface area contributed by atoms with Crippen LogP contribution in [0.2, 0.25) is 0 Å². The van der Waals surface area contributed by atoms with Crippen molar-refractivity contribution in [2.45, 2.75) is 69.6 Å². The predicted molar refractivity (Wildman–Crippen MR) is 142 cm³/mol. The van der Waals surface area contributed by atoms with Gasteiger partial charge in [-0.1, -0.05) is 6.92 Å². The molecule has 2 fully saturated rings. The van der Waals surface area contributed by atoms with Crippen LogP contribution < -0.4 is 15.0 Å². The summed E-state index contributed by atoms with van der Waals surface area (Å²) in [5, 5.41) is 36.5. The van der Waals surface area contributed by atoms with E-state index in [1.807, 2.05) is 20.2 Å². The van der Waals surface area contributed by atoms with Crippen molar-refractivity contribution in [3.05, 3.63) is 36.5 Å². The van der Waals surface area contributed by atoms with Crippen LogP contribution in [0.25, 0.3) is 11.3 Å². The van der Waals surface area contributed by atoms with Crippen LogP contribution in [0, 0.1) is 0 Å². The molecule has 1 aliphatic carbocycles. The SMILES string of the molecule is CCCC(=O)N(c1cnc(-c2cnn(C)c2)cn1)[C@H]1CC[C@H](Nc2ncc(C(O)(O)O)c(OC3COC3)n2)CC1. The molecule has 3 aromatic heterocycles. The molecular weight excluding hydrogens is 520 g/mol. The second-order valence-corrected chi connectivity index (χ2v) is 10.2. The molecule has 1 saturated heterocycles. The quantitative estimate of drug-likeness (QED) is 0.262. The van der Waals surface area contributed by atoms with Gasteiger partial charge >= 0.3 is 5.97 Å². The lowest BCUT2D eigenvalue weighted by Crippen LogP contribution is -2.44. The number of aliphatic hydroxyl groups is 3. The van der Waals surface area contributed by atoms with E-state index in [1.165, 1.54) is 0 Å². The molecule has 214 valence electrons. The molecule has 3 aromatic rings. The van der Waals surface area contributed by atoms with Gasteiger partial charge in [0.1, 0.15) is 11.7 Å². The molecule has 0 aromatic carbocycles. The second kappa shape index (κ2) is 11.8. The van der Waals surface area contributed by atoms with Crippen molar-refractivity contribution >= 4 is 17.7 Å². The van der Waals surface area contributed by atoms with Crippen LogP contribution in [0.1, 0.15) is 51.0 Å². The Kier molecular flexibility index (Phi) is 8.21. The average Bonchev–Trinajstić information content (AvgIpc) is 3.34. The van der Waals surface area contributed by atoms with Gasteiger partial charge < -0.3 is 30.1 Å². The van der Waals surface area contributed by atoms with Crippen molar-refractivity contribution in [2.75, 3.05) is 23.4 Å². The van der Waals surface area contributed by atoms with Gasteiger partial charge in [-0.25, -0.2) is 9.97 Å². The molecule has 0 atom stereocenters. The van der Waals surface area contributed by atoms with E-state index in [9.17, 15) is 20.1 Å². The molecule has 2 aliphatic rings. The number of rotatable bonds is 10. The number of ether oxygens (including phenoxy) is 2. The van der Waals surface area contributed by atoms with Crippen molar-refractivity contribution in [3.8, 4) is 17.1 Å². The number of anilines is 2. The Labute approximate surface area is 231 Å². The number of hydrogen-bond acceptors (Lipinski definition) is 12. The maximum Gasteiger partial charge on any atom is 0.311 e. The van der Waals surface area contributed by atoms with Crippen molar-refractivity contribution < 1.29 is 29.6 Å². The largest absolute Gasteiger partial charge is 0.469 e. The van der Waals surface area contributed by atoms with Gasteiger partial charge in [-0.05, 0) is 32.1 Å². The van der Waals surface area contributed by atoms with E-state index in [2.05, 4.69) is 30.4 Å². The molecule has 0 unspecified atom stereocenters. The van der Waals surface area contributed by atoms with Crippen LogP contribution >= 0.6 is 0 Å². The van der Waals surface area contributed by atoms with Crippen molar-refractivity contribution in [1.29, 1.82) is 0 Å². The van der Waals surface area contributed by atoms with Crippen molar-refractivity contribution in [1.82, 2.24) is 29.7 Å². The van der Waals surface area contributed by atoms with E-state index in [0.717, 1.165) is 43.9 Å². The molecule has 0 bridgehead atoms. The summed E-state index contributed by atoms with van der Waals surface area (Å²) in [6.07, 6.45) is 11.8. The number of hydrogen-bond donors (Lipinski definition) is 4. The number of amides is 1. The molecule has 4 N–H and O–H groups in total. The standard InChI is InChI=1S/C26H34N8O6/c1-3-4-23(35)34(22-12-27-21(11-28-22)16-9-30-33(2)13-16)18-7-5-17(6-8-18)31-25-29-10-20(26(36,37)38)24(32-25)40-19-14-39-15-19/h9-13,17-19,36-38H,3-8,14-15H2,1-2H3,(H,29,31,32)/t17-,18-. The number of carbonyl (C=O) groups excluding carboxylic acids is 1. The number of carbonyl (C=O) groups is 1. The minimum atomic E-state index is -3.13. The van der Waals surface area contributed by atoms with Gasteiger partial charge in [-0.2, -0.15) is 10.1 Å². The van der Waals surface area contributed by atoms with Gasteiger partial charge in [-0.3, -0.25) is 19.4 Å². The molecule has 14 nitrogen and oxygen atoms in total. The zero-order chi connectivity index (χ0) is 28.3. The van der Waals surface area contributed by atoms with Crippen molar-refractivity contribution in [3.63, 3.8) is 0 Å². The molecule has 1 aliphatic heterocycles. The van der Waals surface area contributed by atoms with Gasteiger partial charge in [0.05, 0.1) is 37.5 Å². The lowest BCUT2D eigenvalue weighted by Gasteiger charge is -2.36. The Morgan fingerprint density at radius 3 is 2.48 bits per heavy atom. The van der Waals surface area contributed by atoms with Crippen LogP contribution in [0.15, 0.2) is 31.0 Å². The van der Waals surface area contributed by atoms with Gasteiger partial charge in [0.25, 0.3) is 0 Å². The van der Waals surface area contributed by atoms with Crippen LogP contribution in [-0.4, -0.2) is 82.3 Å². The molecule has 4 heterocycles. The number of nitrogens with one attached hydrogen (secondary N) is 1. The van der Waals surface area contributed by atoms with Crippen LogP contribution in [0.4, 0.5) is 11.8 Å². The maximum atomic E-state index is 13.2. The van der Waals surface area contributed by atoms with E-state index < -0.39 is 5.97 Å². The maximum absolute atomic E-state index is 13.2. The minimum absolute atomic E-state index is 0.0171. The first-order valence-electron chi connectivity index (χ1n) is 13.4. The smallest absolute Gasteiger partial charge is 0.311 e. The lowest BCUT2D eigenvalue weighted by molar-refractivity contribution is -0.325. The highest BCUT2D eigenvalue weighted by atomic mass is 16.7. The highest BCUT2D eigenvalue weighted by Crippen LogP contribution is 2.31. The Balaban J connectivity index is 1.26. The number of aromatic nitrogens is 6. The second-order valence-electron chi connectivity index (χ2n) is 10.2. The molecule has 0 spiro atoms. The highest BCUT2D eigenvalue weighted by molar-refractivity contribution is 5.93. The number of aryl methyl sites for hydroxylation is 1. The molecular formula is C26H34N8O6. The van der Waals surface area contributed by atoms with E-state index in [-0.39, 0.29) is 41.5 Å². The van der Waals surface area contributed by atoms with Crippen LogP contribution in [0.5, 0.6) is 5.88 Å². The summed E-state index contributed by atoms with van der Waals surface area (Å²) in [6.45, 7) is 2.66. The number of nitrogens with zero attached hydrogens (tertiary/aromatic N) is 7. The normalized spacial score (nSPS) is 19.6. The summed E-state index contributed by atoms with van der Waals surface area (Å²) in [4.78, 5) is 32.5. The minimum Gasteiger partial charge on any atom is -0.469 e. The summed E-state index contributed by atoms with van der Waals surface area (Å²) in [5.74, 6) is -2.48. The molecule has 0 radical (unpaired) electrons. The Bertz CT molecular complexity index is 1300. The van der Waals surface area contributed by atoms with Crippen LogP contribution in [0.3, 0.4) is 0 Å². The Hall–Kier alpha value is -3.72. The third kappa shape index (κ3) is 6.36. The zero-order valence-electron chi connectivity index (χ0n) is 22.5. The predicted octanol–water partition coefficient (Wildman–Crippen LogP) is 1.09. The van der Waals surface area contributed by atoms with Gasteiger partial charge in [0.15, 0.2) is 5.82 Å². The van der Waals surface area contributed by atoms with E-state index in [1.54, 1.807) is 28.2 Å². The summed E-state index contributed by atoms with van der Waals surface area (Å²) in [7, 11) is 1.84. The molecule has 5 rings (SSSR count). The first-order valence-corrected chi connectivity index (χ1v) is 13.4. The molecule has 14 heteroatoms. The van der Waals surface area contributed by atoms with E-state index in [4.69, 9.17) is 9.47 Å². The third-order valence-electron chi connectivity index (χ3n) is 7.01. The van der Waals surface area contributed by atoms with Gasteiger partial charge in [0, 0.05) is 43.5 Å². The highest BCUT2D eigenvalue weighted by Gasteiger charge is 2.33. The zero-order valence-corrected chi connectivity index (χ0v) is 22.5. The summed E-state index contributed by atoms with van der Waals surface area (Å²) in [5.41, 5.74) is 1.19. The van der Waals surface area contributed by atoms with Gasteiger partial charge in [-0.15, -0.1) is 0 Å².